The molecular formula is C14H23NO2. The van der Waals surface area contributed by atoms with Crippen molar-refractivity contribution >= 4 is 0 Å². The first kappa shape index (κ1) is 14.0. The Morgan fingerprint density at radius 2 is 1.76 bits per heavy atom. The van der Waals surface area contributed by atoms with Crippen LogP contribution >= 0.6 is 0 Å². The summed E-state index contributed by atoms with van der Waals surface area (Å²) in [5.41, 5.74) is 2.83. The predicted molar refractivity (Wildman–Crippen MR) is 70.5 cm³/mol. The molecule has 0 heterocycles. The minimum Gasteiger partial charge on any atom is -0.496 e. The molecule has 3 nitrogen and oxygen atoms in total. The zero-order valence-electron chi connectivity index (χ0n) is 11.4. The fourth-order valence-electron chi connectivity index (χ4n) is 1.98. The minimum atomic E-state index is -0.670. The second-order valence-corrected chi connectivity index (χ2v) is 5.18. The second-order valence-electron chi connectivity index (χ2n) is 5.18. The lowest BCUT2D eigenvalue weighted by Crippen LogP contribution is -2.34. The van der Waals surface area contributed by atoms with E-state index in [1.165, 1.54) is 5.56 Å². The summed E-state index contributed by atoms with van der Waals surface area (Å²) in [6, 6.07) is 4.23. The van der Waals surface area contributed by atoms with Gasteiger partial charge in [-0.15, -0.1) is 0 Å². The Kier molecular flexibility index (Phi) is 4.54. The van der Waals surface area contributed by atoms with Crippen molar-refractivity contribution in [2.45, 2.75) is 39.8 Å². The molecule has 0 aromatic heterocycles. The number of hydrogen-bond donors (Lipinski definition) is 2. The van der Waals surface area contributed by atoms with E-state index < -0.39 is 5.60 Å². The summed E-state index contributed by atoms with van der Waals surface area (Å²) in [7, 11) is 1.70. The van der Waals surface area contributed by atoms with Crippen molar-refractivity contribution in [2.24, 2.45) is 0 Å². The highest BCUT2D eigenvalue weighted by Gasteiger charge is 2.11. The molecule has 0 atom stereocenters. The number of aliphatic hydroxyl groups is 1. The van der Waals surface area contributed by atoms with E-state index in [1.54, 1.807) is 21.0 Å². The SMILES string of the molecule is COc1c(C)cc(CNCC(C)(C)O)cc1C. The van der Waals surface area contributed by atoms with E-state index in [0.29, 0.717) is 6.54 Å². The summed E-state index contributed by atoms with van der Waals surface area (Å²) < 4.78 is 5.33. The second kappa shape index (κ2) is 5.52. The van der Waals surface area contributed by atoms with Crippen LogP contribution < -0.4 is 10.1 Å². The van der Waals surface area contributed by atoms with Gasteiger partial charge in [0, 0.05) is 13.1 Å². The maximum atomic E-state index is 9.60. The fraction of sp³-hybridized carbons (Fsp3) is 0.571. The molecule has 0 spiro atoms. The van der Waals surface area contributed by atoms with Gasteiger partial charge in [0.15, 0.2) is 0 Å². The molecule has 1 aromatic carbocycles. The van der Waals surface area contributed by atoms with Crippen LogP contribution in [0, 0.1) is 13.8 Å². The van der Waals surface area contributed by atoms with E-state index in [9.17, 15) is 5.11 Å². The zero-order valence-corrected chi connectivity index (χ0v) is 11.4. The summed E-state index contributed by atoms with van der Waals surface area (Å²) in [5.74, 6) is 0.955. The van der Waals surface area contributed by atoms with Gasteiger partial charge in [-0.1, -0.05) is 12.1 Å². The van der Waals surface area contributed by atoms with Crippen LogP contribution in [0.25, 0.3) is 0 Å². The number of ether oxygens (including phenoxy) is 1. The monoisotopic (exact) mass is 237 g/mol. The summed E-state index contributed by atoms with van der Waals surface area (Å²) in [6.07, 6.45) is 0. The van der Waals surface area contributed by atoms with Crippen molar-refractivity contribution in [3.05, 3.63) is 28.8 Å². The highest BCUT2D eigenvalue weighted by atomic mass is 16.5. The van der Waals surface area contributed by atoms with Gasteiger partial charge in [0.2, 0.25) is 0 Å². The summed E-state index contributed by atoms with van der Waals surface area (Å²) in [5, 5.41) is 12.8. The molecule has 0 saturated carbocycles. The summed E-state index contributed by atoms with van der Waals surface area (Å²) >= 11 is 0. The van der Waals surface area contributed by atoms with Crippen molar-refractivity contribution in [3.63, 3.8) is 0 Å². The van der Waals surface area contributed by atoms with Crippen LogP contribution in [-0.4, -0.2) is 24.4 Å². The third-order valence-corrected chi connectivity index (χ3v) is 2.61. The van der Waals surface area contributed by atoms with Gasteiger partial charge >= 0.3 is 0 Å². The van der Waals surface area contributed by atoms with E-state index in [4.69, 9.17) is 4.74 Å². The number of methoxy groups -OCH3 is 1. The Balaban J connectivity index is 2.67. The molecule has 0 aliphatic rings. The van der Waals surface area contributed by atoms with Crippen molar-refractivity contribution in [2.75, 3.05) is 13.7 Å². The fourth-order valence-corrected chi connectivity index (χ4v) is 1.98. The van der Waals surface area contributed by atoms with E-state index in [0.717, 1.165) is 23.4 Å². The lowest BCUT2D eigenvalue weighted by Gasteiger charge is -2.18. The first-order valence-corrected chi connectivity index (χ1v) is 5.90. The normalized spacial score (nSPS) is 11.6. The molecule has 2 N–H and O–H groups in total. The third kappa shape index (κ3) is 4.36. The number of rotatable bonds is 5. The van der Waals surface area contributed by atoms with Crippen LogP contribution in [0.4, 0.5) is 0 Å². The van der Waals surface area contributed by atoms with Crippen LogP contribution in [0.2, 0.25) is 0 Å². The molecule has 0 fully saturated rings. The van der Waals surface area contributed by atoms with Crippen LogP contribution in [0.3, 0.4) is 0 Å². The molecule has 0 bridgehead atoms. The molecule has 0 aliphatic carbocycles. The summed E-state index contributed by atoms with van der Waals surface area (Å²) in [6.45, 7) is 9.03. The number of benzene rings is 1. The first-order valence-electron chi connectivity index (χ1n) is 5.90. The van der Waals surface area contributed by atoms with E-state index in [2.05, 4.69) is 17.4 Å². The Morgan fingerprint density at radius 3 is 2.18 bits per heavy atom. The van der Waals surface area contributed by atoms with Crippen LogP contribution in [0.5, 0.6) is 5.75 Å². The van der Waals surface area contributed by atoms with E-state index >= 15 is 0 Å². The predicted octanol–water partition coefficient (Wildman–Crippen LogP) is 2.17. The molecule has 0 radical (unpaired) electrons. The maximum absolute atomic E-state index is 9.60. The molecule has 1 aromatic rings. The van der Waals surface area contributed by atoms with Gasteiger partial charge < -0.3 is 15.2 Å². The van der Waals surface area contributed by atoms with Gasteiger partial charge in [-0.05, 0) is 44.4 Å². The molecular weight excluding hydrogens is 214 g/mol. The molecule has 0 amide bonds. The Morgan fingerprint density at radius 1 is 1.24 bits per heavy atom. The number of aryl methyl sites for hydroxylation is 2. The first-order chi connectivity index (χ1) is 7.83. The van der Waals surface area contributed by atoms with Gasteiger partial charge in [-0.25, -0.2) is 0 Å². The lowest BCUT2D eigenvalue weighted by atomic mass is 10.1. The molecule has 0 saturated heterocycles. The summed E-state index contributed by atoms with van der Waals surface area (Å²) in [4.78, 5) is 0. The Bertz CT molecular complexity index is 357. The van der Waals surface area contributed by atoms with Crippen LogP contribution in [0.1, 0.15) is 30.5 Å². The molecule has 1 rings (SSSR count). The molecule has 3 heteroatoms. The van der Waals surface area contributed by atoms with Gasteiger partial charge in [0.05, 0.1) is 12.7 Å². The van der Waals surface area contributed by atoms with E-state index in [1.807, 2.05) is 13.8 Å². The minimum absolute atomic E-state index is 0.580. The van der Waals surface area contributed by atoms with Crippen molar-refractivity contribution in [3.8, 4) is 5.75 Å². The van der Waals surface area contributed by atoms with Crippen molar-refractivity contribution in [1.29, 1.82) is 0 Å². The van der Waals surface area contributed by atoms with Gasteiger partial charge in [0.1, 0.15) is 5.75 Å². The van der Waals surface area contributed by atoms with Crippen LogP contribution in [0.15, 0.2) is 12.1 Å². The zero-order chi connectivity index (χ0) is 13.1. The largest absolute Gasteiger partial charge is 0.496 e. The standard InChI is InChI=1S/C14H23NO2/c1-10-6-12(7-11(2)13(10)17-5)8-15-9-14(3,4)16/h6-7,15-16H,8-9H2,1-5H3. The van der Waals surface area contributed by atoms with Crippen LogP contribution in [-0.2, 0) is 6.54 Å². The topological polar surface area (TPSA) is 41.5 Å². The smallest absolute Gasteiger partial charge is 0.124 e. The van der Waals surface area contributed by atoms with Gasteiger partial charge in [-0.3, -0.25) is 0 Å². The average molecular weight is 237 g/mol. The van der Waals surface area contributed by atoms with Crippen molar-refractivity contribution < 1.29 is 9.84 Å². The highest BCUT2D eigenvalue weighted by molar-refractivity contribution is 5.43. The molecule has 17 heavy (non-hydrogen) atoms. The quantitative estimate of drug-likeness (QED) is 0.824. The van der Waals surface area contributed by atoms with Gasteiger partial charge in [0.25, 0.3) is 0 Å². The van der Waals surface area contributed by atoms with Gasteiger partial charge in [-0.2, -0.15) is 0 Å². The Labute approximate surface area is 104 Å². The Hall–Kier alpha value is -1.06. The average Bonchev–Trinajstić information content (AvgIpc) is 2.15. The van der Waals surface area contributed by atoms with Crippen molar-refractivity contribution in [1.82, 2.24) is 5.32 Å². The number of hydrogen-bond acceptors (Lipinski definition) is 3. The highest BCUT2D eigenvalue weighted by Crippen LogP contribution is 2.24. The number of nitrogens with one attached hydrogen (secondary N) is 1. The molecule has 96 valence electrons. The third-order valence-electron chi connectivity index (χ3n) is 2.61. The molecule has 0 aliphatic heterocycles. The maximum Gasteiger partial charge on any atom is 0.124 e. The molecule has 0 unspecified atom stereocenters. The van der Waals surface area contributed by atoms with E-state index in [-0.39, 0.29) is 0 Å². The lowest BCUT2D eigenvalue weighted by molar-refractivity contribution is 0.0795.